The van der Waals surface area contributed by atoms with E-state index in [4.69, 9.17) is 0 Å². The van der Waals surface area contributed by atoms with E-state index in [0.717, 1.165) is 11.0 Å². The third kappa shape index (κ3) is 3.69. The number of hydrogen-bond donors (Lipinski definition) is 1. The summed E-state index contributed by atoms with van der Waals surface area (Å²) >= 11 is 1.93. The van der Waals surface area contributed by atoms with Crippen molar-refractivity contribution in [2.24, 2.45) is 0 Å². The van der Waals surface area contributed by atoms with Gasteiger partial charge in [-0.1, -0.05) is 12.1 Å². The van der Waals surface area contributed by atoms with E-state index in [-0.39, 0.29) is 11.4 Å². The number of carbonyl (C=O) groups excluding carboxylic acids is 3. The Morgan fingerprint density at radius 2 is 2.04 bits per heavy atom. The molecule has 0 aliphatic carbocycles. The van der Waals surface area contributed by atoms with Crippen LogP contribution in [0.3, 0.4) is 0 Å². The van der Waals surface area contributed by atoms with Crippen molar-refractivity contribution >= 4 is 45.3 Å². The highest BCUT2D eigenvalue weighted by Gasteiger charge is 2.35. The summed E-state index contributed by atoms with van der Waals surface area (Å²) < 4.78 is 12.9. The minimum Gasteiger partial charge on any atom is -0.298 e. The topological polar surface area (TPSA) is 79.4 Å². The van der Waals surface area contributed by atoms with Crippen LogP contribution >= 0.6 is 23.1 Å². The molecule has 1 aliphatic heterocycles. The number of anilines is 1. The Hall–Kier alpha value is -2.52. The van der Waals surface area contributed by atoms with Crippen molar-refractivity contribution in [1.82, 2.24) is 9.88 Å². The molecule has 0 atom stereocenters. The zero-order valence-corrected chi connectivity index (χ0v) is 13.7. The van der Waals surface area contributed by atoms with Crippen LogP contribution in [0.5, 0.6) is 0 Å². The normalized spacial score (nSPS) is 16.0. The molecule has 0 radical (unpaired) electrons. The van der Waals surface area contributed by atoms with E-state index in [9.17, 15) is 18.8 Å². The van der Waals surface area contributed by atoms with Gasteiger partial charge < -0.3 is 0 Å². The van der Waals surface area contributed by atoms with Crippen LogP contribution in [0, 0.1) is 5.82 Å². The van der Waals surface area contributed by atoms with Crippen LogP contribution in [0.2, 0.25) is 0 Å². The molecule has 0 saturated carbocycles. The van der Waals surface area contributed by atoms with Crippen LogP contribution in [0.25, 0.3) is 0 Å². The fraction of sp³-hybridized carbons (Fsp3) is 0.0667. The second-order valence-corrected chi connectivity index (χ2v) is 6.61. The number of hydrogen-bond acceptors (Lipinski definition) is 6. The summed E-state index contributed by atoms with van der Waals surface area (Å²) in [6.45, 7) is 0.0242. The average Bonchev–Trinajstić information content (AvgIpc) is 3.13. The van der Waals surface area contributed by atoms with Crippen molar-refractivity contribution in [3.63, 3.8) is 0 Å². The Balaban J connectivity index is 1.70. The summed E-state index contributed by atoms with van der Waals surface area (Å²) in [4.78, 5) is 41.1. The molecule has 1 aromatic carbocycles. The fourth-order valence-corrected chi connectivity index (χ4v) is 3.30. The van der Waals surface area contributed by atoms with E-state index < -0.39 is 22.9 Å². The Kier molecular flexibility index (Phi) is 4.72. The highest BCUT2D eigenvalue weighted by molar-refractivity contribution is 8.18. The quantitative estimate of drug-likeness (QED) is 0.845. The number of imide groups is 1. The number of thioether (sulfide) groups is 1. The van der Waals surface area contributed by atoms with Gasteiger partial charge in [0.25, 0.3) is 17.1 Å². The minimum atomic E-state index is -0.552. The van der Waals surface area contributed by atoms with Gasteiger partial charge in [0.1, 0.15) is 5.82 Å². The zero-order chi connectivity index (χ0) is 17.1. The Morgan fingerprint density at radius 1 is 1.29 bits per heavy atom. The van der Waals surface area contributed by atoms with E-state index in [2.05, 4.69) is 10.3 Å². The predicted molar refractivity (Wildman–Crippen MR) is 88.8 cm³/mol. The molecule has 0 bridgehead atoms. The molecule has 1 aliphatic rings. The molecule has 9 heteroatoms. The smallest absolute Gasteiger partial charge is 0.293 e. The molecular weight excluding hydrogens is 353 g/mol. The first-order chi connectivity index (χ1) is 11.5. The summed E-state index contributed by atoms with van der Waals surface area (Å²) in [5.74, 6) is -1.48. The van der Waals surface area contributed by atoms with E-state index in [1.807, 2.05) is 0 Å². The van der Waals surface area contributed by atoms with Gasteiger partial charge in [-0.2, -0.15) is 0 Å². The van der Waals surface area contributed by atoms with Gasteiger partial charge in [0.15, 0.2) is 5.13 Å². The molecule has 2 aromatic rings. The maximum absolute atomic E-state index is 12.9. The lowest BCUT2D eigenvalue weighted by Crippen LogP contribution is -2.27. The van der Waals surface area contributed by atoms with E-state index in [0.29, 0.717) is 22.5 Å². The van der Waals surface area contributed by atoms with E-state index >= 15 is 0 Å². The molecule has 24 heavy (non-hydrogen) atoms. The van der Waals surface area contributed by atoms with Crippen LogP contribution in [0.1, 0.15) is 5.56 Å². The molecular formula is C15H10FN3O3S2. The third-order valence-corrected chi connectivity index (χ3v) is 4.65. The number of amides is 3. The number of carbonyl (C=O) groups is 3. The first-order valence-corrected chi connectivity index (χ1v) is 8.43. The second kappa shape index (κ2) is 6.93. The van der Waals surface area contributed by atoms with E-state index in [1.54, 1.807) is 5.38 Å². The first-order valence-electron chi connectivity index (χ1n) is 6.73. The monoisotopic (exact) mass is 363 g/mol. The Morgan fingerprint density at radius 3 is 2.71 bits per heavy atom. The molecule has 1 aromatic heterocycles. The van der Waals surface area contributed by atoms with Gasteiger partial charge in [-0.15, -0.1) is 11.3 Å². The molecule has 6 nitrogen and oxygen atoms in total. The summed E-state index contributed by atoms with van der Waals surface area (Å²) in [6.07, 6.45) is 2.62. The highest BCUT2D eigenvalue weighted by Crippen LogP contribution is 2.31. The Bertz CT molecular complexity index is 819. The van der Waals surface area contributed by atoms with E-state index in [1.165, 1.54) is 41.8 Å². The number of nitrogens with zero attached hydrogens (tertiary/aromatic N) is 2. The standard InChI is InChI=1S/C15H10FN3O3S2/c16-10-3-1-9(2-4-10)8-19-13(21)11(24-15(19)22)7-12(20)18-14-17-5-6-23-14/h1-7H,8H2,(H,17,18,20)/b11-7-. The van der Waals surface area contributed by atoms with Crippen LogP contribution in [-0.2, 0) is 16.1 Å². The first kappa shape index (κ1) is 16.3. The fourth-order valence-electron chi connectivity index (χ4n) is 1.95. The maximum atomic E-state index is 12.9. The average molecular weight is 363 g/mol. The molecule has 1 N–H and O–H groups in total. The SMILES string of the molecule is O=C(/C=C1\SC(=O)N(Cc2ccc(F)cc2)C1=O)Nc1nccs1. The number of benzene rings is 1. The molecule has 2 heterocycles. The van der Waals surface area contributed by atoms with Crippen LogP contribution < -0.4 is 5.32 Å². The molecule has 0 unspecified atom stereocenters. The van der Waals surface area contributed by atoms with Gasteiger partial charge in [-0.3, -0.25) is 24.6 Å². The van der Waals surface area contributed by atoms with Crippen molar-refractivity contribution in [2.75, 3.05) is 5.32 Å². The number of aromatic nitrogens is 1. The molecule has 3 amide bonds. The van der Waals surface area contributed by atoms with Gasteiger partial charge in [0.2, 0.25) is 0 Å². The van der Waals surface area contributed by atoms with Gasteiger partial charge >= 0.3 is 0 Å². The van der Waals surface area contributed by atoms with Crippen molar-refractivity contribution in [2.45, 2.75) is 6.54 Å². The van der Waals surface area contributed by atoms with Gasteiger partial charge in [0, 0.05) is 17.7 Å². The highest BCUT2D eigenvalue weighted by atomic mass is 32.2. The zero-order valence-electron chi connectivity index (χ0n) is 12.1. The number of rotatable bonds is 4. The Labute approximate surface area is 144 Å². The molecule has 3 rings (SSSR count). The van der Waals surface area contributed by atoms with Crippen LogP contribution in [0.15, 0.2) is 46.8 Å². The lowest BCUT2D eigenvalue weighted by molar-refractivity contribution is -0.123. The molecule has 1 fully saturated rings. The number of thiazole rings is 1. The van der Waals surface area contributed by atoms with Gasteiger partial charge in [-0.25, -0.2) is 9.37 Å². The van der Waals surface area contributed by atoms with Crippen LogP contribution in [0.4, 0.5) is 14.3 Å². The third-order valence-electron chi connectivity index (χ3n) is 3.05. The van der Waals surface area contributed by atoms with Gasteiger partial charge in [0.05, 0.1) is 11.4 Å². The van der Waals surface area contributed by atoms with Crippen molar-refractivity contribution in [1.29, 1.82) is 0 Å². The lowest BCUT2D eigenvalue weighted by atomic mass is 10.2. The summed E-state index contributed by atoms with van der Waals surface area (Å²) in [6, 6.07) is 5.51. The number of halogens is 1. The summed E-state index contributed by atoms with van der Waals surface area (Å²) in [7, 11) is 0. The van der Waals surface area contributed by atoms with Crippen molar-refractivity contribution < 1.29 is 18.8 Å². The summed E-state index contributed by atoms with van der Waals surface area (Å²) in [5.41, 5.74) is 0.618. The minimum absolute atomic E-state index is 0.0242. The van der Waals surface area contributed by atoms with Crippen molar-refractivity contribution in [3.05, 3.63) is 58.2 Å². The largest absolute Gasteiger partial charge is 0.298 e. The van der Waals surface area contributed by atoms with Gasteiger partial charge in [-0.05, 0) is 29.5 Å². The van der Waals surface area contributed by atoms with Crippen molar-refractivity contribution in [3.8, 4) is 0 Å². The molecule has 1 saturated heterocycles. The van der Waals surface area contributed by atoms with Crippen LogP contribution in [-0.4, -0.2) is 26.9 Å². The summed E-state index contributed by atoms with van der Waals surface area (Å²) in [5, 5.41) is 4.14. The lowest BCUT2D eigenvalue weighted by Gasteiger charge is -2.12. The maximum Gasteiger partial charge on any atom is 0.293 e. The molecule has 0 spiro atoms. The number of nitrogens with one attached hydrogen (secondary N) is 1. The molecule has 122 valence electrons. The second-order valence-electron chi connectivity index (χ2n) is 4.72. The predicted octanol–water partition coefficient (Wildman–Crippen LogP) is 3.00.